The molecular weight excluding hydrogens is 332 g/mol. The zero-order chi connectivity index (χ0) is 18.1. The van der Waals surface area contributed by atoms with Crippen LogP contribution >= 0.6 is 0 Å². The Morgan fingerprint density at radius 2 is 2.12 bits per heavy atom. The number of piperidine rings is 1. The molecule has 1 amide bonds. The van der Waals surface area contributed by atoms with Gasteiger partial charge in [0.15, 0.2) is 0 Å². The molecule has 0 aromatic carbocycles. The van der Waals surface area contributed by atoms with E-state index >= 15 is 0 Å². The molecule has 8 heteroatoms. The van der Waals surface area contributed by atoms with Crippen molar-refractivity contribution < 1.29 is 4.79 Å². The molecule has 0 unspecified atom stereocenters. The highest BCUT2D eigenvalue weighted by molar-refractivity contribution is 5.76. The van der Waals surface area contributed by atoms with Gasteiger partial charge in [-0.25, -0.2) is 9.97 Å². The minimum atomic E-state index is -0.132. The van der Waals surface area contributed by atoms with Crippen molar-refractivity contribution in [2.24, 2.45) is 0 Å². The quantitative estimate of drug-likeness (QED) is 0.770. The SMILES string of the molecule is CCc1nccn1CC(=O)N1CCCC[C@H]1c1cc(=O)n2ccnc2[nH]1. The van der Waals surface area contributed by atoms with E-state index in [0.29, 0.717) is 12.3 Å². The summed E-state index contributed by atoms with van der Waals surface area (Å²) in [6, 6.07) is 1.46. The van der Waals surface area contributed by atoms with Crippen LogP contribution in [0.5, 0.6) is 0 Å². The second-order valence-electron chi connectivity index (χ2n) is 6.61. The molecule has 0 spiro atoms. The van der Waals surface area contributed by atoms with E-state index in [1.54, 1.807) is 24.7 Å². The number of hydrogen-bond acceptors (Lipinski definition) is 4. The lowest BCUT2D eigenvalue weighted by Gasteiger charge is -2.36. The van der Waals surface area contributed by atoms with Crippen LogP contribution in [0, 0.1) is 0 Å². The number of aromatic nitrogens is 5. The number of nitrogens with zero attached hydrogens (tertiary/aromatic N) is 5. The fourth-order valence-electron chi connectivity index (χ4n) is 3.71. The van der Waals surface area contributed by atoms with Gasteiger partial charge in [0.2, 0.25) is 11.7 Å². The Labute approximate surface area is 150 Å². The first-order chi connectivity index (χ1) is 12.7. The maximum Gasteiger partial charge on any atom is 0.259 e. The lowest BCUT2D eigenvalue weighted by atomic mass is 9.99. The van der Waals surface area contributed by atoms with E-state index in [2.05, 4.69) is 15.0 Å². The summed E-state index contributed by atoms with van der Waals surface area (Å²) in [5, 5.41) is 0. The van der Waals surface area contributed by atoms with Crippen molar-refractivity contribution in [3.8, 4) is 0 Å². The molecule has 1 aliphatic heterocycles. The Morgan fingerprint density at radius 3 is 2.96 bits per heavy atom. The lowest BCUT2D eigenvalue weighted by molar-refractivity contribution is -0.135. The third-order valence-electron chi connectivity index (χ3n) is 5.02. The number of carbonyl (C=O) groups excluding carboxylic acids is 1. The first-order valence-corrected chi connectivity index (χ1v) is 9.03. The second-order valence-corrected chi connectivity index (χ2v) is 6.61. The smallest absolute Gasteiger partial charge is 0.259 e. The van der Waals surface area contributed by atoms with Gasteiger partial charge in [0.25, 0.3) is 5.56 Å². The largest absolute Gasteiger partial charge is 0.333 e. The van der Waals surface area contributed by atoms with Gasteiger partial charge in [-0.3, -0.25) is 14.0 Å². The second kappa shape index (κ2) is 6.78. The molecule has 0 aliphatic carbocycles. The van der Waals surface area contributed by atoms with Gasteiger partial charge < -0.3 is 14.5 Å². The van der Waals surface area contributed by atoms with Crippen LogP contribution in [0.4, 0.5) is 0 Å². The van der Waals surface area contributed by atoms with E-state index in [4.69, 9.17) is 0 Å². The molecule has 4 heterocycles. The maximum absolute atomic E-state index is 13.0. The Bertz CT molecular complexity index is 985. The molecule has 1 N–H and O–H groups in total. The lowest BCUT2D eigenvalue weighted by Crippen LogP contribution is -2.41. The number of nitrogens with one attached hydrogen (secondary N) is 1. The van der Waals surface area contributed by atoms with Crippen molar-refractivity contribution in [1.29, 1.82) is 0 Å². The molecule has 0 saturated carbocycles. The van der Waals surface area contributed by atoms with Crippen molar-refractivity contribution >= 4 is 11.7 Å². The van der Waals surface area contributed by atoms with Crippen LogP contribution in [0.3, 0.4) is 0 Å². The average Bonchev–Trinajstić information content (AvgIpc) is 3.30. The number of aryl methyl sites for hydroxylation is 1. The van der Waals surface area contributed by atoms with Gasteiger partial charge in [0.1, 0.15) is 12.4 Å². The summed E-state index contributed by atoms with van der Waals surface area (Å²) >= 11 is 0. The first-order valence-electron chi connectivity index (χ1n) is 9.03. The van der Waals surface area contributed by atoms with E-state index in [-0.39, 0.29) is 24.1 Å². The molecule has 26 heavy (non-hydrogen) atoms. The number of H-pyrrole nitrogens is 1. The molecule has 0 bridgehead atoms. The number of imidazole rings is 2. The summed E-state index contributed by atoms with van der Waals surface area (Å²) in [5.41, 5.74) is 0.621. The number of amides is 1. The summed E-state index contributed by atoms with van der Waals surface area (Å²) in [7, 11) is 0. The van der Waals surface area contributed by atoms with Crippen LogP contribution in [0.25, 0.3) is 5.78 Å². The monoisotopic (exact) mass is 354 g/mol. The number of fused-ring (bicyclic) bond motifs is 1. The third-order valence-corrected chi connectivity index (χ3v) is 5.02. The molecule has 8 nitrogen and oxygen atoms in total. The predicted octanol–water partition coefficient (Wildman–Crippen LogP) is 1.54. The van der Waals surface area contributed by atoms with Gasteiger partial charge in [0.05, 0.1) is 6.04 Å². The van der Waals surface area contributed by atoms with Crippen molar-refractivity contribution in [2.45, 2.75) is 45.2 Å². The maximum atomic E-state index is 13.0. The minimum absolute atomic E-state index is 0.0477. The zero-order valence-electron chi connectivity index (χ0n) is 14.8. The van der Waals surface area contributed by atoms with E-state index in [1.807, 2.05) is 22.6 Å². The summed E-state index contributed by atoms with van der Waals surface area (Å²) in [6.07, 6.45) is 10.4. The first kappa shape index (κ1) is 16.6. The number of carbonyl (C=O) groups is 1. The number of aromatic amines is 1. The van der Waals surface area contributed by atoms with Crippen molar-refractivity contribution in [2.75, 3.05) is 6.54 Å². The van der Waals surface area contributed by atoms with E-state index in [0.717, 1.165) is 37.2 Å². The van der Waals surface area contributed by atoms with Crippen LogP contribution in [0.1, 0.15) is 43.7 Å². The normalized spacial score (nSPS) is 17.7. The molecule has 1 aliphatic rings. The highest BCUT2D eigenvalue weighted by Crippen LogP contribution is 2.29. The summed E-state index contributed by atoms with van der Waals surface area (Å²) in [4.78, 5) is 38.9. The Balaban J connectivity index is 1.63. The molecule has 136 valence electrons. The molecule has 0 radical (unpaired) electrons. The Hall–Kier alpha value is -2.90. The highest BCUT2D eigenvalue weighted by atomic mass is 16.2. The van der Waals surface area contributed by atoms with Gasteiger partial charge in [-0.1, -0.05) is 6.92 Å². The molecule has 3 aromatic rings. The van der Waals surface area contributed by atoms with Crippen LogP contribution in [-0.4, -0.2) is 41.3 Å². The van der Waals surface area contributed by atoms with Gasteiger partial charge >= 0.3 is 0 Å². The fraction of sp³-hybridized carbons (Fsp3) is 0.444. The topological polar surface area (TPSA) is 88.3 Å². The molecular formula is C18H22N6O2. The Kier molecular flexibility index (Phi) is 4.32. The molecule has 1 saturated heterocycles. The Morgan fingerprint density at radius 1 is 1.27 bits per heavy atom. The molecule has 1 atom stereocenters. The highest BCUT2D eigenvalue weighted by Gasteiger charge is 2.29. The number of rotatable bonds is 4. The number of hydrogen-bond donors (Lipinski definition) is 1. The van der Waals surface area contributed by atoms with Crippen molar-refractivity contribution in [1.82, 2.24) is 28.8 Å². The van der Waals surface area contributed by atoms with Gasteiger partial charge in [-0.05, 0) is 19.3 Å². The van der Waals surface area contributed by atoms with Gasteiger partial charge in [-0.15, -0.1) is 0 Å². The summed E-state index contributed by atoms with van der Waals surface area (Å²) < 4.78 is 3.37. The average molecular weight is 354 g/mol. The zero-order valence-corrected chi connectivity index (χ0v) is 14.8. The minimum Gasteiger partial charge on any atom is -0.333 e. The van der Waals surface area contributed by atoms with Gasteiger partial charge in [0, 0.05) is 49.5 Å². The van der Waals surface area contributed by atoms with Crippen molar-refractivity contribution in [3.05, 3.63) is 52.7 Å². The third kappa shape index (κ3) is 2.91. The molecule has 4 rings (SSSR count). The van der Waals surface area contributed by atoms with Crippen LogP contribution in [-0.2, 0) is 17.8 Å². The van der Waals surface area contributed by atoms with Crippen LogP contribution in [0.15, 0.2) is 35.6 Å². The van der Waals surface area contributed by atoms with Crippen molar-refractivity contribution in [3.63, 3.8) is 0 Å². The van der Waals surface area contributed by atoms with E-state index < -0.39 is 0 Å². The predicted molar refractivity (Wildman–Crippen MR) is 95.7 cm³/mol. The van der Waals surface area contributed by atoms with E-state index in [9.17, 15) is 9.59 Å². The summed E-state index contributed by atoms with van der Waals surface area (Å²) in [5.74, 6) is 1.46. The summed E-state index contributed by atoms with van der Waals surface area (Å²) in [6.45, 7) is 2.99. The standard InChI is InChI=1S/C18H22N6O2/c1-2-15-19-6-9-22(15)12-17(26)23-8-4-3-5-14(23)13-11-16(25)24-10-7-20-18(24)21-13/h6-7,9-11,14H,2-5,8,12H2,1H3,(H,20,21)/t14-/m0/s1. The van der Waals surface area contributed by atoms with Gasteiger partial charge in [-0.2, -0.15) is 0 Å². The van der Waals surface area contributed by atoms with Crippen LogP contribution < -0.4 is 5.56 Å². The number of likely N-dealkylation sites (tertiary alicyclic amines) is 1. The molecule has 1 fully saturated rings. The molecule has 3 aromatic heterocycles. The van der Waals surface area contributed by atoms with Crippen LogP contribution in [0.2, 0.25) is 0 Å². The van der Waals surface area contributed by atoms with E-state index in [1.165, 1.54) is 4.40 Å². The fourth-order valence-corrected chi connectivity index (χ4v) is 3.71.